The second-order valence-corrected chi connectivity index (χ2v) is 6.75. The van der Waals surface area contributed by atoms with Crippen LogP contribution in [0.5, 0.6) is 0 Å². The number of thiophene rings is 1. The Labute approximate surface area is 144 Å². The summed E-state index contributed by atoms with van der Waals surface area (Å²) in [6.07, 6.45) is -0.528. The molecule has 0 saturated heterocycles. The number of halogens is 1. The maximum atomic E-state index is 11.5. The number of allylic oxidation sites excluding steroid dienone is 1. The van der Waals surface area contributed by atoms with Gasteiger partial charge in [0.25, 0.3) is 0 Å². The van der Waals surface area contributed by atoms with Gasteiger partial charge in [0, 0.05) is 13.1 Å². The lowest BCUT2D eigenvalue weighted by atomic mass is 10.2. The zero-order valence-corrected chi connectivity index (χ0v) is 14.6. The summed E-state index contributed by atoms with van der Waals surface area (Å²) in [5, 5.41) is 25.9. The average molecular weight is 353 g/mol. The Morgan fingerprint density at radius 1 is 1.30 bits per heavy atom. The number of nitriles is 2. The van der Waals surface area contributed by atoms with Gasteiger partial charge in [0.05, 0.1) is 15.6 Å². The Balaban J connectivity index is 2.67. The summed E-state index contributed by atoms with van der Waals surface area (Å²) in [5.74, 6) is 0. The molecule has 0 spiro atoms. The SMILES string of the molecule is CC(C)(C)OC(=O)NCCNC(=C(C#N)C#N)c1sccc1Cl. The van der Waals surface area contributed by atoms with Crippen LogP contribution in [0, 0.1) is 22.7 Å². The summed E-state index contributed by atoms with van der Waals surface area (Å²) in [4.78, 5) is 12.1. The molecule has 1 aromatic rings. The van der Waals surface area contributed by atoms with E-state index in [1.165, 1.54) is 11.3 Å². The van der Waals surface area contributed by atoms with Gasteiger partial charge in [-0.25, -0.2) is 4.79 Å². The molecule has 8 heteroatoms. The highest BCUT2D eigenvalue weighted by molar-refractivity contribution is 7.11. The molecule has 1 rings (SSSR count). The van der Waals surface area contributed by atoms with Gasteiger partial charge in [0.15, 0.2) is 5.57 Å². The highest BCUT2D eigenvalue weighted by Crippen LogP contribution is 2.29. The fourth-order valence-electron chi connectivity index (χ4n) is 1.56. The van der Waals surface area contributed by atoms with Crippen molar-refractivity contribution in [3.63, 3.8) is 0 Å². The Morgan fingerprint density at radius 3 is 2.39 bits per heavy atom. The van der Waals surface area contributed by atoms with Crippen molar-refractivity contribution in [1.29, 1.82) is 10.5 Å². The molecule has 0 bridgehead atoms. The molecular formula is C15H17ClN4O2S. The fourth-order valence-corrected chi connectivity index (χ4v) is 2.74. The summed E-state index contributed by atoms with van der Waals surface area (Å²) in [5.41, 5.74) is -0.269. The summed E-state index contributed by atoms with van der Waals surface area (Å²) in [6.45, 7) is 5.91. The molecule has 0 fully saturated rings. The molecule has 23 heavy (non-hydrogen) atoms. The number of carbonyl (C=O) groups excluding carboxylic acids is 1. The van der Waals surface area contributed by atoms with Gasteiger partial charge >= 0.3 is 6.09 Å². The van der Waals surface area contributed by atoms with E-state index in [0.717, 1.165) is 0 Å². The Kier molecular flexibility index (Phi) is 6.89. The van der Waals surface area contributed by atoms with Crippen molar-refractivity contribution in [1.82, 2.24) is 10.6 Å². The predicted molar refractivity (Wildman–Crippen MR) is 89.7 cm³/mol. The van der Waals surface area contributed by atoms with Gasteiger partial charge in [-0.05, 0) is 32.2 Å². The minimum absolute atomic E-state index is 0.0633. The largest absolute Gasteiger partial charge is 0.444 e. The zero-order valence-electron chi connectivity index (χ0n) is 13.1. The van der Waals surface area contributed by atoms with Crippen molar-refractivity contribution in [2.75, 3.05) is 13.1 Å². The molecule has 1 amide bonds. The van der Waals surface area contributed by atoms with E-state index in [1.54, 1.807) is 32.2 Å². The van der Waals surface area contributed by atoms with E-state index in [-0.39, 0.29) is 12.1 Å². The quantitative estimate of drug-likeness (QED) is 0.626. The Hall–Kier alpha value is -2.22. The van der Waals surface area contributed by atoms with Crippen LogP contribution in [0.25, 0.3) is 5.70 Å². The van der Waals surface area contributed by atoms with E-state index in [9.17, 15) is 4.79 Å². The molecule has 0 aliphatic rings. The third-order valence-electron chi connectivity index (χ3n) is 2.41. The van der Waals surface area contributed by atoms with Crippen LogP contribution in [0.4, 0.5) is 4.79 Å². The van der Waals surface area contributed by atoms with Crippen LogP contribution < -0.4 is 10.6 Å². The van der Waals surface area contributed by atoms with E-state index in [0.29, 0.717) is 22.1 Å². The van der Waals surface area contributed by atoms with E-state index < -0.39 is 11.7 Å². The number of nitrogens with zero attached hydrogens (tertiary/aromatic N) is 2. The molecule has 0 unspecified atom stereocenters. The first-order chi connectivity index (χ1) is 10.8. The van der Waals surface area contributed by atoms with Crippen LogP contribution in [0.2, 0.25) is 5.02 Å². The van der Waals surface area contributed by atoms with Crippen LogP contribution in [0.3, 0.4) is 0 Å². The number of carbonyl (C=O) groups is 1. The number of nitrogens with one attached hydrogen (secondary N) is 2. The molecule has 0 radical (unpaired) electrons. The van der Waals surface area contributed by atoms with E-state index >= 15 is 0 Å². The van der Waals surface area contributed by atoms with E-state index in [1.807, 2.05) is 12.1 Å². The summed E-state index contributed by atoms with van der Waals surface area (Å²) >= 11 is 7.38. The Morgan fingerprint density at radius 2 is 1.91 bits per heavy atom. The van der Waals surface area contributed by atoms with Gasteiger partial charge in [-0.15, -0.1) is 11.3 Å². The molecule has 0 aliphatic carbocycles. The lowest BCUT2D eigenvalue weighted by Crippen LogP contribution is -2.36. The van der Waals surface area contributed by atoms with E-state index in [4.69, 9.17) is 26.9 Å². The molecule has 122 valence electrons. The molecule has 0 aliphatic heterocycles. The normalized spacial score (nSPS) is 10.2. The summed E-state index contributed by atoms with van der Waals surface area (Å²) < 4.78 is 5.11. The van der Waals surface area contributed by atoms with Crippen LogP contribution in [0.1, 0.15) is 25.6 Å². The van der Waals surface area contributed by atoms with Gasteiger partial charge in [0.2, 0.25) is 0 Å². The third kappa shape index (κ3) is 6.19. The van der Waals surface area contributed by atoms with Crippen molar-refractivity contribution < 1.29 is 9.53 Å². The molecule has 1 aromatic heterocycles. The van der Waals surface area contributed by atoms with Gasteiger partial charge in [-0.3, -0.25) is 0 Å². The topological polar surface area (TPSA) is 97.9 Å². The van der Waals surface area contributed by atoms with Crippen LogP contribution in [-0.2, 0) is 4.74 Å². The second kappa shape index (κ2) is 8.42. The van der Waals surface area contributed by atoms with Crippen molar-refractivity contribution in [2.24, 2.45) is 0 Å². The monoisotopic (exact) mass is 352 g/mol. The Bertz CT molecular complexity index is 661. The fraction of sp³-hybridized carbons (Fsp3) is 0.400. The second-order valence-electron chi connectivity index (χ2n) is 5.43. The summed E-state index contributed by atoms with van der Waals surface area (Å²) in [6, 6.07) is 5.37. The maximum Gasteiger partial charge on any atom is 0.407 e. The first-order valence-electron chi connectivity index (χ1n) is 6.77. The van der Waals surface area contributed by atoms with Crippen molar-refractivity contribution in [2.45, 2.75) is 26.4 Å². The molecular weight excluding hydrogens is 336 g/mol. The van der Waals surface area contributed by atoms with Gasteiger partial charge in [0.1, 0.15) is 17.7 Å². The van der Waals surface area contributed by atoms with Crippen molar-refractivity contribution >= 4 is 34.7 Å². The smallest absolute Gasteiger partial charge is 0.407 e. The molecule has 0 aromatic carbocycles. The highest BCUT2D eigenvalue weighted by Gasteiger charge is 2.16. The number of hydrogen-bond donors (Lipinski definition) is 2. The molecule has 1 heterocycles. The molecule has 2 N–H and O–H groups in total. The maximum absolute atomic E-state index is 11.5. The first-order valence-corrected chi connectivity index (χ1v) is 8.03. The molecule has 0 saturated carbocycles. The number of rotatable bonds is 5. The molecule has 6 nitrogen and oxygen atoms in total. The highest BCUT2D eigenvalue weighted by atomic mass is 35.5. The number of hydrogen-bond acceptors (Lipinski definition) is 6. The average Bonchev–Trinajstić information content (AvgIpc) is 2.86. The standard InChI is InChI=1S/C15H17ClN4O2S/c1-15(2,3)22-14(21)20-6-5-19-12(10(8-17)9-18)13-11(16)4-7-23-13/h4,7,19H,5-6H2,1-3H3,(H,20,21). The summed E-state index contributed by atoms with van der Waals surface area (Å²) in [7, 11) is 0. The molecule has 0 atom stereocenters. The first kappa shape index (κ1) is 18.8. The lowest BCUT2D eigenvalue weighted by molar-refractivity contribution is 0.0529. The lowest BCUT2D eigenvalue weighted by Gasteiger charge is -2.19. The minimum atomic E-state index is -0.568. The number of amides is 1. The predicted octanol–water partition coefficient (Wildman–Crippen LogP) is 3.27. The van der Waals surface area contributed by atoms with E-state index in [2.05, 4.69) is 10.6 Å². The number of alkyl carbamates (subject to hydrolysis) is 1. The van der Waals surface area contributed by atoms with Gasteiger partial charge in [-0.2, -0.15) is 10.5 Å². The van der Waals surface area contributed by atoms with Crippen LogP contribution >= 0.6 is 22.9 Å². The zero-order chi connectivity index (χ0) is 17.5. The van der Waals surface area contributed by atoms with Crippen LogP contribution in [0.15, 0.2) is 17.0 Å². The van der Waals surface area contributed by atoms with Crippen molar-refractivity contribution in [3.05, 3.63) is 26.9 Å². The minimum Gasteiger partial charge on any atom is -0.444 e. The van der Waals surface area contributed by atoms with Crippen LogP contribution in [-0.4, -0.2) is 24.8 Å². The number of ether oxygens (including phenoxy) is 1. The van der Waals surface area contributed by atoms with Crippen molar-refractivity contribution in [3.8, 4) is 12.1 Å². The third-order valence-corrected chi connectivity index (χ3v) is 3.77. The van der Waals surface area contributed by atoms with Gasteiger partial charge in [-0.1, -0.05) is 11.6 Å². The van der Waals surface area contributed by atoms with Gasteiger partial charge < -0.3 is 15.4 Å².